The Kier molecular flexibility index (Phi) is 7.37. The predicted molar refractivity (Wildman–Crippen MR) is 147 cm³/mol. The van der Waals surface area contributed by atoms with E-state index in [-0.39, 0.29) is 17.6 Å². The summed E-state index contributed by atoms with van der Waals surface area (Å²) in [5.41, 5.74) is 3.42. The molecule has 2 aliphatic rings. The van der Waals surface area contributed by atoms with Crippen molar-refractivity contribution in [3.8, 4) is 0 Å². The lowest BCUT2D eigenvalue weighted by Gasteiger charge is -2.34. The van der Waals surface area contributed by atoms with E-state index >= 15 is 0 Å². The highest BCUT2D eigenvalue weighted by Gasteiger charge is 2.59. The standard InChI is InChI=1S/C30H33NO4S2/c1-17-9-7-8-12-21(17)26(32)22-23(27-18(2)13-15-36-27)25(30(34)35)31(24(22)28-19(3)14-16-37-28)29(33)20-10-5-4-6-11-20/h7-9,12-16,20,22-25H,4-6,10-11H2,1-3H3,(H,34,35). The summed E-state index contributed by atoms with van der Waals surface area (Å²) in [6.07, 6.45) is 4.60. The normalized spacial score (nSPS) is 24.4. The number of nitrogens with zero attached hydrogens (tertiary/aromatic N) is 1. The van der Waals surface area contributed by atoms with Crippen LogP contribution in [0, 0.1) is 32.6 Å². The van der Waals surface area contributed by atoms with E-state index in [9.17, 15) is 19.5 Å². The molecule has 4 atom stereocenters. The highest BCUT2D eigenvalue weighted by molar-refractivity contribution is 7.10. The number of amides is 1. The van der Waals surface area contributed by atoms with Gasteiger partial charge in [0.1, 0.15) is 6.04 Å². The number of carbonyl (C=O) groups is 3. The van der Waals surface area contributed by atoms with Crippen LogP contribution in [-0.4, -0.2) is 33.7 Å². The fourth-order valence-corrected chi connectivity index (χ4v) is 8.54. The van der Waals surface area contributed by atoms with E-state index in [0.29, 0.717) is 5.56 Å². The zero-order chi connectivity index (χ0) is 26.3. The number of ketones is 1. The third kappa shape index (κ3) is 4.57. The maximum atomic E-state index is 14.5. The highest BCUT2D eigenvalue weighted by atomic mass is 32.1. The minimum absolute atomic E-state index is 0.0844. The molecular formula is C30H33NO4S2. The molecule has 0 spiro atoms. The number of likely N-dealkylation sites (tertiary alicyclic amines) is 1. The van der Waals surface area contributed by atoms with E-state index in [4.69, 9.17) is 0 Å². The molecule has 1 saturated heterocycles. The quantitative estimate of drug-likeness (QED) is 0.347. The molecule has 2 aromatic heterocycles. The first-order valence-corrected chi connectivity index (χ1v) is 14.8. The fraction of sp³-hybridized carbons (Fsp3) is 0.433. The van der Waals surface area contributed by atoms with Gasteiger partial charge in [0.15, 0.2) is 5.78 Å². The van der Waals surface area contributed by atoms with E-state index in [1.165, 1.54) is 22.7 Å². The second-order valence-electron chi connectivity index (χ2n) is 10.5. The Bertz CT molecular complexity index is 1320. The molecular weight excluding hydrogens is 502 g/mol. The molecule has 2 fully saturated rings. The van der Waals surface area contributed by atoms with Crippen molar-refractivity contribution in [1.29, 1.82) is 0 Å². The Hall–Kier alpha value is -2.77. The number of carboxylic acid groups (broad SMARTS) is 1. The second kappa shape index (κ2) is 10.5. The van der Waals surface area contributed by atoms with Crippen molar-refractivity contribution in [3.05, 3.63) is 79.2 Å². The smallest absolute Gasteiger partial charge is 0.327 e. The molecule has 1 aromatic carbocycles. The van der Waals surface area contributed by atoms with Crippen LogP contribution in [0.5, 0.6) is 0 Å². The van der Waals surface area contributed by atoms with Crippen LogP contribution < -0.4 is 0 Å². The van der Waals surface area contributed by atoms with Crippen molar-refractivity contribution in [2.75, 3.05) is 0 Å². The summed E-state index contributed by atoms with van der Waals surface area (Å²) in [5.74, 6) is -2.74. The number of rotatable bonds is 6. The number of benzene rings is 1. The monoisotopic (exact) mass is 535 g/mol. The maximum Gasteiger partial charge on any atom is 0.327 e. The van der Waals surface area contributed by atoms with Crippen LogP contribution in [0.3, 0.4) is 0 Å². The number of Topliss-reactive ketones (excluding diaryl/α,β-unsaturated/α-hetero) is 1. The third-order valence-electron chi connectivity index (χ3n) is 8.22. The van der Waals surface area contributed by atoms with Gasteiger partial charge in [0.05, 0.1) is 12.0 Å². The Morgan fingerprint density at radius 1 is 0.838 bits per heavy atom. The van der Waals surface area contributed by atoms with Crippen LogP contribution in [0.2, 0.25) is 0 Å². The number of aliphatic carboxylic acids is 1. The molecule has 1 amide bonds. The van der Waals surface area contributed by atoms with Crippen LogP contribution in [0.1, 0.15) is 80.9 Å². The molecule has 5 rings (SSSR count). The van der Waals surface area contributed by atoms with Gasteiger partial charge in [-0.25, -0.2) is 4.79 Å². The summed E-state index contributed by atoms with van der Waals surface area (Å²) >= 11 is 3.01. The van der Waals surface area contributed by atoms with Crippen molar-refractivity contribution in [2.45, 2.75) is 70.9 Å². The fourth-order valence-electron chi connectivity index (χ4n) is 6.36. The molecule has 1 saturated carbocycles. The second-order valence-corrected chi connectivity index (χ2v) is 12.4. The molecule has 1 aliphatic heterocycles. The molecule has 5 nitrogen and oxygen atoms in total. The Morgan fingerprint density at radius 3 is 2.03 bits per heavy atom. The molecule has 1 N–H and O–H groups in total. The van der Waals surface area contributed by atoms with E-state index in [1.54, 1.807) is 4.90 Å². The Balaban J connectivity index is 1.75. The molecule has 0 radical (unpaired) electrons. The molecule has 3 aromatic rings. The molecule has 37 heavy (non-hydrogen) atoms. The number of carbonyl (C=O) groups excluding carboxylic acids is 2. The molecule has 194 valence electrons. The van der Waals surface area contributed by atoms with Gasteiger partial charge >= 0.3 is 5.97 Å². The lowest BCUT2D eigenvalue weighted by molar-refractivity contribution is -0.152. The van der Waals surface area contributed by atoms with Crippen LogP contribution in [0.15, 0.2) is 47.2 Å². The van der Waals surface area contributed by atoms with Crippen LogP contribution in [0.4, 0.5) is 0 Å². The van der Waals surface area contributed by atoms with Gasteiger partial charge in [0.2, 0.25) is 5.91 Å². The summed E-state index contributed by atoms with van der Waals surface area (Å²) in [7, 11) is 0. The van der Waals surface area contributed by atoms with Crippen molar-refractivity contribution in [1.82, 2.24) is 4.90 Å². The Morgan fingerprint density at radius 2 is 1.46 bits per heavy atom. The molecule has 4 unspecified atom stereocenters. The minimum atomic E-state index is -1.10. The van der Waals surface area contributed by atoms with E-state index < -0.39 is 29.9 Å². The van der Waals surface area contributed by atoms with Crippen LogP contribution >= 0.6 is 22.7 Å². The van der Waals surface area contributed by atoms with E-state index in [1.807, 2.05) is 67.9 Å². The highest BCUT2D eigenvalue weighted by Crippen LogP contribution is 2.55. The first-order chi connectivity index (χ1) is 17.8. The molecule has 7 heteroatoms. The third-order valence-corrected chi connectivity index (χ3v) is 10.4. The SMILES string of the molecule is Cc1ccccc1C(=O)C1C(c2sccc2C)C(C(=O)O)N(C(=O)C2CCCCC2)C1c1sccc1C. The number of aryl methyl sites for hydroxylation is 3. The zero-order valence-corrected chi connectivity index (χ0v) is 23.1. The minimum Gasteiger partial charge on any atom is -0.480 e. The van der Waals surface area contributed by atoms with Gasteiger partial charge in [-0.2, -0.15) is 0 Å². The topological polar surface area (TPSA) is 74.7 Å². The number of carboxylic acids is 1. The predicted octanol–water partition coefficient (Wildman–Crippen LogP) is 6.93. The van der Waals surface area contributed by atoms with Crippen molar-refractivity contribution in [2.24, 2.45) is 11.8 Å². The van der Waals surface area contributed by atoms with Gasteiger partial charge < -0.3 is 10.0 Å². The van der Waals surface area contributed by atoms with Crippen molar-refractivity contribution < 1.29 is 19.5 Å². The average Bonchev–Trinajstić information content (AvgIpc) is 3.60. The molecule has 3 heterocycles. The van der Waals surface area contributed by atoms with Gasteiger partial charge in [-0.05, 0) is 73.2 Å². The Labute approximate surface area is 226 Å². The average molecular weight is 536 g/mol. The summed E-state index contributed by atoms with van der Waals surface area (Å²) in [4.78, 5) is 45.3. The summed E-state index contributed by atoms with van der Waals surface area (Å²) in [5, 5.41) is 14.6. The van der Waals surface area contributed by atoms with Crippen molar-refractivity contribution in [3.63, 3.8) is 0 Å². The van der Waals surface area contributed by atoms with Crippen LogP contribution in [-0.2, 0) is 9.59 Å². The van der Waals surface area contributed by atoms with Crippen molar-refractivity contribution >= 4 is 40.3 Å². The number of hydrogen-bond acceptors (Lipinski definition) is 5. The number of hydrogen-bond donors (Lipinski definition) is 1. The van der Waals surface area contributed by atoms with E-state index in [0.717, 1.165) is 58.5 Å². The molecule has 0 bridgehead atoms. The van der Waals surface area contributed by atoms with E-state index in [2.05, 4.69) is 0 Å². The largest absolute Gasteiger partial charge is 0.480 e. The first kappa shape index (κ1) is 25.9. The lowest BCUT2D eigenvalue weighted by Crippen LogP contribution is -2.46. The van der Waals surface area contributed by atoms with Gasteiger partial charge in [0, 0.05) is 27.2 Å². The van der Waals surface area contributed by atoms with Gasteiger partial charge in [0.25, 0.3) is 0 Å². The summed E-state index contributed by atoms with van der Waals surface area (Å²) in [6.45, 7) is 5.87. The van der Waals surface area contributed by atoms with Gasteiger partial charge in [-0.1, -0.05) is 43.5 Å². The first-order valence-electron chi connectivity index (χ1n) is 13.0. The zero-order valence-electron chi connectivity index (χ0n) is 21.5. The van der Waals surface area contributed by atoms with Gasteiger partial charge in [-0.15, -0.1) is 22.7 Å². The molecule has 1 aliphatic carbocycles. The summed E-state index contributed by atoms with van der Waals surface area (Å²) < 4.78 is 0. The van der Waals surface area contributed by atoms with Gasteiger partial charge in [-0.3, -0.25) is 9.59 Å². The maximum absolute atomic E-state index is 14.5. The number of thiophene rings is 2. The summed E-state index contributed by atoms with van der Waals surface area (Å²) in [6, 6.07) is 9.76. The lowest BCUT2D eigenvalue weighted by atomic mass is 9.78. The van der Waals surface area contributed by atoms with Crippen LogP contribution in [0.25, 0.3) is 0 Å².